The quantitative estimate of drug-likeness (QED) is 0.0703. The fourth-order valence-electron chi connectivity index (χ4n) is 12.2. The van der Waals surface area contributed by atoms with Gasteiger partial charge < -0.3 is 88.4 Å². The molecular weight excluding hydrogens is 1050 g/mol. The summed E-state index contributed by atoms with van der Waals surface area (Å²) >= 11 is 6.62. The lowest BCUT2D eigenvalue weighted by Crippen LogP contribution is -2.61. The van der Waals surface area contributed by atoms with Crippen LogP contribution in [0.15, 0.2) is 23.1 Å². The summed E-state index contributed by atoms with van der Waals surface area (Å²) in [6.07, 6.45) is -4.77. The number of nitrogens with one attached hydrogen (secondary N) is 2. The van der Waals surface area contributed by atoms with Crippen molar-refractivity contribution in [3.8, 4) is 0 Å². The molecule has 0 unspecified atom stereocenters. The lowest BCUT2D eigenvalue weighted by Gasteiger charge is -2.49. The van der Waals surface area contributed by atoms with Crippen LogP contribution >= 0.6 is 11.6 Å². The van der Waals surface area contributed by atoms with Crippen molar-refractivity contribution in [2.75, 3.05) is 79.6 Å². The summed E-state index contributed by atoms with van der Waals surface area (Å²) in [7, 11) is 7.21. The van der Waals surface area contributed by atoms with Crippen LogP contribution < -0.4 is 16.1 Å². The van der Waals surface area contributed by atoms with Gasteiger partial charge in [-0.25, -0.2) is 4.79 Å². The highest BCUT2D eigenvalue weighted by Gasteiger charge is 2.53. The molecule has 4 heterocycles. The van der Waals surface area contributed by atoms with Crippen LogP contribution in [0.25, 0.3) is 10.9 Å². The predicted octanol–water partition coefficient (Wildman–Crippen LogP) is 4.64. The van der Waals surface area contributed by atoms with E-state index >= 15 is 0 Å². The van der Waals surface area contributed by atoms with Gasteiger partial charge in [0.15, 0.2) is 12.6 Å². The van der Waals surface area contributed by atoms with Crippen LogP contribution in [0, 0.1) is 17.8 Å². The molecule has 7 N–H and O–H groups in total. The van der Waals surface area contributed by atoms with E-state index in [1.807, 2.05) is 70.1 Å². The first kappa shape index (κ1) is 65.1. The number of carboxylic acid groups (broad SMARTS) is 1. The van der Waals surface area contributed by atoms with Crippen LogP contribution in [-0.4, -0.2) is 216 Å². The number of benzene rings is 1. The number of nitrogens with zero attached hydrogens (tertiary/aromatic N) is 3. The minimum absolute atomic E-state index is 0.144. The average Bonchev–Trinajstić information content (AvgIpc) is 4.45. The van der Waals surface area contributed by atoms with Gasteiger partial charge in [-0.3, -0.25) is 9.59 Å². The molecule has 22 heteroatoms. The second-order valence-electron chi connectivity index (χ2n) is 24.0. The highest BCUT2D eigenvalue weighted by molar-refractivity contribution is 6.34. The minimum Gasteiger partial charge on any atom is -0.477 e. The molecule has 6 rings (SSSR count). The number of carbonyl (C=O) groups excluding carboxylic acids is 1. The Labute approximate surface area is 471 Å². The van der Waals surface area contributed by atoms with E-state index in [9.17, 15) is 39.9 Å². The van der Waals surface area contributed by atoms with E-state index in [1.54, 1.807) is 46.9 Å². The Morgan fingerprint density at radius 2 is 1.61 bits per heavy atom. The number of ether oxygens (including phenoxy) is 8. The molecule has 1 saturated carbocycles. The molecule has 3 aliphatic heterocycles. The zero-order chi connectivity index (χ0) is 58.5. The van der Waals surface area contributed by atoms with Crippen molar-refractivity contribution in [2.24, 2.45) is 17.8 Å². The number of aliphatic hydroxyl groups is 4. The number of halogens is 1. The molecule has 21 nitrogen and oxygen atoms in total. The Kier molecular flexibility index (Phi) is 22.7. The van der Waals surface area contributed by atoms with Gasteiger partial charge in [-0.2, -0.15) is 0 Å². The van der Waals surface area contributed by atoms with Gasteiger partial charge >= 0.3 is 11.9 Å². The van der Waals surface area contributed by atoms with E-state index in [2.05, 4.69) is 10.6 Å². The van der Waals surface area contributed by atoms with Gasteiger partial charge in [-0.15, -0.1) is 0 Å². The first-order chi connectivity index (χ1) is 37.1. The van der Waals surface area contributed by atoms with Crippen LogP contribution in [0.3, 0.4) is 0 Å². The van der Waals surface area contributed by atoms with Gasteiger partial charge in [0, 0.05) is 75.3 Å². The normalized spacial score (nSPS) is 37.6. The average molecular weight is 1140 g/mol. The molecule has 450 valence electrons. The highest BCUT2D eigenvalue weighted by atomic mass is 35.5. The Morgan fingerprint density at radius 3 is 2.24 bits per heavy atom. The number of rotatable bonds is 20. The highest BCUT2D eigenvalue weighted by Crippen LogP contribution is 2.42. The van der Waals surface area contributed by atoms with Crippen molar-refractivity contribution >= 4 is 40.1 Å². The van der Waals surface area contributed by atoms with Crippen molar-refractivity contribution < 1.29 is 73.0 Å². The maximum atomic E-state index is 14.6. The molecule has 2 aromatic rings. The van der Waals surface area contributed by atoms with Gasteiger partial charge in [0.1, 0.15) is 35.6 Å². The number of aliphatic hydroxyl groups excluding tert-OH is 2. The maximum Gasteiger partial charge on any atom is 0.341 e. The molecule has 4 aliphatic rings. The molecule has 1 aromatic carbocycles. The number of hydrogen-bond donors (Lipinski definition) is 7. The van der Waals surface area contributed by atoms with Gasteiger partial charge in [-0.05, 0) is 120 Å². The summed E-state index contributed by atoms with van der Waals surface area (Å²) in [6, 6.07) is 2.58. The van der Waals surface area contributed by atoms with Gasteiger partial charge in [0.25, 0.3) is 0 Å². The number of cyclic esters (lactones) is 1. The van der Waals surface area contributed by atoms with Crippen molar-refractivity contribution in [1.82, 2.24) is 19.7 Å². The monoisotopic (exact) mass is 1140 g/mol. The van der Waals surface area contributed by atoms with E-state index in [1.165, 1.54) is 13.1 Å². The van der Waals surface area contributed by atoms with E-state index in [0.29, 0.717) is 74.0 Å². The Bertz CT molecular complexity index is 2390. The fourth-order valence-corrected chi connectivity index (χ4v) is 12.5. The SMILES string of the molecule is CC[C@H]1OC(=O)[C@H](C)[C@@H](O[C@H]2C[C@@](C)(OC)[C@@H](OCCNCCOCCNc3cc4c(=O)c(C(=O)O)cn(C5CC5)c4cc3Cl)[C@H](C)O2)[C@H](C)[C@@H](O[C@@H]2O[C@H](C)C[C@H](N(C)C)[C@H]2O)[C@](C)(O)C[C@@H](C)CN(C)[C@H](C)[C@@H](O)[C@]1(C)O. The molecule has 0 radical (unpaired) electrons. The number of carboxylic acids is 1. The van der Waals surface area contributed by atoms with Gasteiger partial charge in [0.2, 0.25) is 5.43 Å². The number of aromatic carboxylic acids is 1. The van der Waals surface area contributed by atoms with Crippen LogP contribution in [-0.2, 0) is 42.7 Å². The van der Waals surface area contributed by atoms with Gasteiger partial charge in [-0.1, -0.05) is 32.4 Å². The first-order valence-corrected chi connectivity index (χ1v) is 28.7. The number of methoxy groups -OCH3 is 1. The number of fused-ring (bicyclic) bond motifs is 1. The summed E-state index contributed by atoms with van der Waals surface area (Å²) < 4.78 is 53.2. The standard InChI is InChI=1S/C57H94ClN5O16/c1-15-44-57(10,71)49(66)35(6)62(13)29-31(2)27-55(8,70)50(79-54-47(65)43(61(11)12)24-32(3)75-54)33(4)48(34(5)53(69)77-44)78-45-28-56(9,72-14)51(36(7)76-45)74-23-19-59-18-21-73-22-20-60-41-25-38-42(26-40(41)58)63(37-16-17-37)30-39(46(38)64)52(67)68/h25-26,30-37,43-45,47-51,54,59-60,65-66,70-71H,15-24,27-29H2,1-14H3,(H,67,68)/t31-,32-,33+,34-,35-,36+,43+,44-,45+,47-,48+,49-,50-,51+,54+,55-,56-,57-/m1/s1. The lowest BCUT2D eigenvalue weighted by atomic mass is 9.77. The van der Waals surface area contributed by atoms with Gasteiger partial charge in [0.05, 0.1) is 77.6 Å². The van der Waals surface area contributed by atoms with Crippen LogP contribution in [0.2, 0.25) is 5.02 Å². The number of anilines is 1. The first-order valence-electron chi connectivity index (χ1n) is 28.4. The Morgan fingerprint density at radius 1 is 0.937 bits per heavy atom. The summed E-state index contributed by atoms with van der Waals surface area (Å²) in [4.78, 5) is 43.4. The second kappa shape index (κ2) is 27.5. The third-order valence-electron chi connectivity index (χ3n) is 17.0. The lowest BCUT2D eigenvalue weighted by molar-refractivity contribution is -0.320. The molecule has 79 heavy (non-hydrogen) atoms. The number of carbonyl (C=O) groups is 2. The summed E-state index contributed by atoms with van der Waals surface area (Å²) in [5.41, 5.74) is -4.09. The number of esters is 1. The molecule has 1 aromatic heterocycles. The van der Waals surface area contributed by atoms with Crippen LogP contribution in [0.5, 0.6) is 0 Å². The zero-order valence-electron chi connectivity index (χ0n) is 49.1. The third kappa shape index (κ3) is 15.6. The number of pyridine rings is 1. The third-order valence-corrected chi connectivity index (χ3v) is 17.3. The van der Waals surface area contributed by atoms with Crippen molar-refractivity contribution in [1.29, 1.82) is 0 Å². The Hall–Kier alpha value is -3.10. The van der Waals surface area contributed by atoms with E-state index < -0.39 is 107 Å². The second-order valence-corrected chi connectivity index (χ2v) is 24.4. The van der Waals surface area contributed by atoms with E-state index in [0.717, 1.165) is 12.8 Å². The van der Waals surface area contributed by atoms with Crippen LogP contribution in [0.4, 0.5) is 5.69 Å². The molecule has 0 amide bonds. The largest absolute Gasteiger partial charge is 0.477 e. The topological polar surface area (TPSA) is 262 Å². The number of likely N-dealkylation sites (N-methyl/N-ethyl adjacent to an activating group) is 2. The maximum absolute atomic E-state index is 14.6. The predicted molar refractivity (Wildman–Crippen MR) is 299 cm³/mol. The molecule has 0 spiro atoms. The number of aromatic nitrogens is 1. The van der Waals surface area contributed by atoms with E-state index in [4.69, 9.17) is 49.5 Å². The molecular formula is C57H94ClN5O16. The Balaban J connectivity index is 1.11. The summed E-state index contributed by atoms with van der Waals surface area (Å²) in [5, 5.41) is 65.1. The molecule has 18 atom stereocenters. The molecule has 3 saturated heterocycles. The minimum atomic E-state index is -1.84. The summed E-state index contributed by atoms with van der Waals surface area (Å²) in [5.74, 6) is -3.98. The van der Waals surface area contributed by atoms with Crippen LogP contribution in [0.1, 0.15) is 124 Å². The zero-order valence-corrected chi connectivity index (χ0v) is 49.9. The van der Waals surface area contributed by atoms with Crippen molar-refractivity contribution in [3.05, 3.63) is 39.1 Å². The molecule has 4 fully saturated rings. The number of hydrogen-bond acceptors (Lipinski definition) is 19. The fraction of sp³-hybridized carbons (Fsp3) is 0.807. The molecule has 0 bridgehead atoms. The van der Waals surface area contributed by atoms with Crippen molar-refractivity contribution in [3.63, 3.8) is 0 Å². The summed E-state index contributed by atoms with van der Waals surface area (Å²) in [6.45, 7) is 20.8. The van der Waals surface area contributed by atoms with Crippen molar-refractivity contribution in [2.45, 2.75) is 204 Å². The smallest absolute Gasteiger partial charge is 0.341 e. The molecule has 1 aliphatic carbocycles. The van der Waals surface area contributed by atoms with E-state index in [-0.39, 0.29) is 48.9 Å².